The van der Waals surface area contributed by atoms with Gasteiger partial charge < -0.3 is 19.5 Å². The number of ether oxygens (including phenoxy) is 1. The van der Waals surface area contributed by atoms with Crippen LogP contribution in [-0.4, -0.2) is 41.8 Å². The van der Waals surface area contributed by atoms with Gasteiger partial charge >= 0.3 is 6.18 Å². The highest BCUT2D eigenvalue weighted by molar-refractivity contribution is 5.82. The normalized spacial score (nSPS) is 14.8. The largest absolute Gasteiger partial charge is 0.416 e. The third-order valence-corrected chi connectivity index (χ3v) is 4.99. The van der Waals surface area contributed by atoms with Crippen molar-refractivity contribution < 1.29 is 22.7 Å². The molecule has 2 aromatic heterocycles. The number of amides is 1. The Labute approximate surface area is 171 Å². The Morgan fingerprint density at radius 1 is 1.13 bits per heavy atom. The molecule has 3 heterocycles. The van der Waals surface area contributed by atoms with Crippen molar-refractivity contribution in [3.63, 3.8) is 0 Å². The molecule has 1 N–H and O–H groups in total. The van der Waals surface area contributed by atoms with Gasteiger partial charge in [0.15, 0.2) is 0 Å². The van der Waals surface area contributed by atoms with E-state index < -0.39 is 11.7 Å². The van der Waals surface area contributed by atoms with Gasteiger partial charge in [-0.3, -0.25) is 4.79 Å². The number of rotatable bonds is 5. The lowest BCUT2D eigenvalue weighted by atomic mass is 10.1. The quantitative estimate of drug-likeness (QED) is 0.691. The van der Waals surface area contributed by atoms with Crippen molar-refractivity contribution in [1.29, 1.82) is 0 Å². The lowest BCUT2D eigenvalue weighted by Gasteiger charge is -2.27. The molecule has 6 nitrogen and oxygen atoms in total. The Balaban J connectivity index is 1.43. The average Bonchev–Trinajstić information content (AvgIpc) is 3.14. The van der Waals surface area contributed by atoms with Gasteiger partial charge in [-0.25, -0.2) is 4.98 Å². The molecule has 0 radical (unpaired) electrons. The fourth-order valence-electron chi connectivity index (χ4n) is 3.42. The van der Waals surface area contributed by atoms with Crippen LogP contribution in [0, 0.1) is 0 Å². The van der Waals surface area contributed by atoms with Crippen molar-refractivity contribution >= 4 is 22.8 Å². The molecule has 1 aromatic carbocycles. The van der Waals surface area contributed by atoms with Crippen LogP contribution in [0.2, 0.25) is 0 Å². The first-order valence-corrected chi connectivity index (χ1v) is 9.61. The highest BCUT2D eigenvalue weighted by Crippen LogP contribution is 2.29. The number of anilines is 1. The molecule has 0 unspecified atom stereocenters. The van der Waals surface area contributed by atoms with Crippen LogP contribution in [0.15, 0.2) is 48.7 Å². The van der Waals surface area contributed by atoms with Crippen LogP contribution in [0.3, 0.4) is 0 Å². The van der Waals surface area contributed by atoms with Gasteiger partial charge in [0.1, 0.15) is 18.0 Å². The molecule has 0 aliphatic carbocycles. The fraction of sp³-hybridized carbons (Fsp3) is 0.333. The first-order chi connectivity index (χ1) is 14.4. The summed E-state index contributed by atoms with van der Waals surface area (Å²) < 4.78 is 45.6. The molecular formula is C21H21F3N4O2. The zero-order chi connectivity index (χ0) is 21.1. The third kappa shape index (κ3) is 4.56. The van der Waals surface area contributed by atoms with Crippen molar-refractivity contribution in [2.75, 3.05) is 31.2 Å². The van der Waals surface area contributed by atoms with Gasteiger partial charge in [-0.1, -0.05) is 12.1 Å². The number of hydrogen-bond donors (Lipinski definition) is 1. The molecule has 0 bridgehead atoms. The molecule has 158 valence electrons. The molecule has 1 fully saturated rings. The maximum Gasteiger partial charge on any atom is 0.416 e. The summed E-state index contributed by atoms with van der Waals surface area (Å²) in [6, 6.07) is 10.7. The van der Waals surface area contributed by atoms with Crippen molar-refractivity contribution in [3.05, 3.63) is 59.8 Å². The number of nitrogens with zero attached hydrogens (tertiary/aromatic N) is 3. The van der Waals surface area contributed by atoms with E-state index in [-0.39, 0.29) is 19.0 Å². The maximum atomic E-state index is 12.8. The van der Waals surface area contributed by atoms with E-state index in [1.54, 1.807) is 16.8 Å². The fourth-order valence-corrected chi connectivity index (χ4v) is 3.42. The smallest absolute Gasteiger partial charge is 0.378 e. The minimum atomic E-state index is -4.41. The second-order valence-corrected chi connectivity index (χ2v) is 7.10. The Hall–Kier alpha value is -3.07. The first-order valence-electron chi connectivity index (χ1n) is 9.61. The first kappa shape index (κ1) is 20.2. The van der Waals surface area contributed by atoms with Crippen LogP contribution in [0.1, 0.15) is 11.1 Å². The molecule has 9 heteroatoms. The second kappa shape index (κ2) is 8.35. The van der Waals surface area contributed by atoms with Crippen LogP contribution >= 0.6 is 0 Å². The highest BCUT2D eigenvalue weighted by Gasteiger charge is 2.30. The number of benzene rings is 1. The number of carbonyl (C=O) groups excluding carboxylic acids is 1. The summed E-state index contributed by atoms with van der Waals surface area (Å²) in [6.45, 7) is 2.88. The minimum absolute atomic E-state index is 0.0222. The highest BCUT2D eigenvalue weighted by atomic mass is 19.4. The van der Waals surface area contributed by atoms with Crippen molar-refractivity contribution in [2.45, 2.75) is 19.3 Å². The summed E-state index contributed by atoms with van der Waals surface area (Å²) >= 11 is 0. The summed E-state index contributed by atoms with van der Waals surface area (Å²) in [4.78, 5) is 19.2. The van der Waals surface area contributed by atoms with Gasteiger partial charge in [0, 0.05) is 31.2 Å². The number of pyridine rings is 1. The van der Waals surface area contributed by atoms with Gasteiger partial charge in [0.25, 0.3) is 0 Å². The van der Waals surface area contributed by atoms with E-state index in [1.165, 1.54) is 6.07 Å². The Kier molecular flexibility index (Phi) is 5.63. The van der Waals surface area contributed by atoms with Gasteiger partial charge in [-0.05, 0) is 35.9 Å². The number of hydrogen-bond acceptors (Lipinski definition) is 4. The molecule has 0 spiro atoms. The van der Waals surface area contributed by atoms with E-state index in [0.29, 0.717) is 24.4 Å². The Bertz CT molecular complexity index is 1040. The van der Waals surface area contributed by atoms with Gasteiger partial charge in [0.05, 0.1) is 18.8 Å². The van der Waals surface area contributed by atoms with Gasteiger partial charge in [-0.2, -0.15) is 13.2 Å². The summed E-state index contributed by atoms with van der Waals surface area (Å²) in [5.41, 5.74) is 0.349. The van der Waals surface area contributed by atoms with Crippen LogP contribution < -0.4 is 10.2 Å². The number of aromatic nitrogens is 2. The maximum absolute atomic E-state index is 12.8. The lowest BCUT2D eigenvalue weighted by Crippen LogP contribution is -2.36. The SMILES string of the molecule is O=C(Cn1ccc2ccc(N3CCOCC3)nc21)NCc1cccc(C(F)(F)F)c1. The number of carbonyl (C=O) groups is 1. The van der Waals surface area contributed by atoms with E-state index in [9.17, 15) is 18.0 Å². The number of morpholine rings is 1. The number of alkyl halides is 3. The zero-order valence-electron chi connectivity index (χ0n) is 16.2. The van der Waals surface area contributed by atoms with Crippen molar-refractivity contribution in [1.82, 2.24) is 14.9 Å². The minimum Gasteiger partial charge on any atom is -0.378 e. The van der Waals surface area contributed by atoms with E-state index in [2.05, 4.69) is 10.2 Å². The van der Waals surface area contributed by atoms with Gasteiger partial charge in [0.2, 0.25) is 5.91 Å². The van der Waals surface area contributed by atoms with E-state index in [4.69, 9.17) is 9.72 Å². The number of fused-ring (bicyclic) bond motifs is 1. The number of nitrogens with one attached hydrogen (secondary N) is 1. The van der Waals surface area contributed by atoms with E-state index >= 15 is 0 Å². The Morgan fingerprint density at radius 2 is 1.93 bits per heavy atom. The summed E-state index contributed by atoms with van der Waals surface area (Å²) in [5.74, 6) is 0.526. The predicted molar refractivity (Wildman–Crippen MR) is 106 cm³/mol. The molecule has 3 aromatic rings. The van der Waals surface area contributed by atoms with Crippen molar-refractivity contribution in [2.24, 2.45) is 0 Å². The molecule has 30 heavy (non-hydrogen) atoms. The molecule has 1 saturated heterocycles. The number of halogens is 3. The predicted octanol–water partition coefficient (Wildman–Crippen LogP) is 3.21. The molecule has 1 aliphatic rings. The Morgan fingerprint density at radius 3 is 2.70 bits per heavy atom. The molecule has 1 aliphatic heterocycles. The molecular weight excluding hydrogens is 397 g/mol. The molecule has 1 amide bonds. The van der Waals surface area contributed by atoms with E-state index in [0.717, 1.165) is 36.4 Å². The van der Waals surface area contributed by atoms with Crippen molar-refractivity contribution in [3.8, 4) is 0 Å². The summed E-state index contributed by atoms with van der Waals surface area (Å²) in [6.07, 6.45) is -2.63. The molecule has 0 atom stereocenters. The topological polar surface area (TPSA) is 59.4 Å². The molecule has 0 saturated carbocycles. The van der Waals surface area contributed by atoms with Crippen LogP contribution in [-0.2, 0) is 28.8 Å². The summed E-state index contributed by atoms with van der Waals surface area (Å²) in [5, 5.41) is 3.59. The van der Waals surface area contributed by atoms with Crippen LogP contribution in [0.5, 0.6) is 0 Å². The lowest BCUT2D eigenvalue weighted by molar-refractivity contribution is -0.137. The standard InChI is InChI=1S/C21H21F3N4O2/c22-21(23,24)17-3-1-2-15(12-17)13-25-19(29)14-28-7-6-16-4-5-18(26-20(16)28)27-8-10-30-11-9-27/h1-7,12H,8-11,13-14H2,(H,25,29). The second-order valence-electron chi connectivity index (χ2n) is 7.10. The van der Waals surface area contributed by atoms with Crippen LogP contribution in [0.25, 0.3) is 11.0 Å². The average molecular weight is 418 g/mol. The van der Waals surface area contributed by atoms with Crippen LogP contribution in [0.4, 0.5) is 19.0 Å². The monoisotopic (exact) mass is 418 g/mol. The summed E-state index contributed by atoms with van der Waals surface area (Å²) in [7, 11) is 0. The molecule has 4 rings (SSSR count). The van der Waals surface area contributed by atoms with Gasteiger partial charge in [-0.15, -0.1) is 0 Å². The third-order valence-electron chi connectivity index (χ3n) is 4.99. The van der Waals surface area contributed by atoms with E-state index in [1.807, 2.05) is 18.2 Å². The zero-order valence-corrected chi connectivity index (χ0v) is 16.2.